The van der Waals surface area contributed by atoms with E-state index in [2.05, 4.69) is 20.0 Å². The van der Waals surface area contributed by atoms with Crippen LogP contribution >= 0.6 is 0 Å². The number of anilines is 1. The van der Waals surface area contributed by atoms with Gasteiger partial charge in [0.05, 0.1) is 26.5 Å². The highest BCUT2D eigenvalue weighted by atomic mass is 32.2. The van der Waals surface area contributed by atoms with E-state index in [0.29, 0.717) is 11.6 Å². The molecule has 0 bridgehead atoms. The van der Waals surface area contributed by atoms with Crippen molar-refractivity contribution in [3.05, 3.63) is 58.4 Å². The molecule has 0 unspecified atom stereocenters. The number of aromatic amines is 1. The number of sulfonamides is 1. The molecule has 9 nitrogen and oxygen atoms in total. The summed E-state index contributed by atoms with van der Waals surface area (Å²) in [5.74, 6) is 1.29. The topological polar surface area (TPSA) is 130 Å². The van der Waals surface area contributed by atoms with Crippen molar-refractivity contribution in [2.45, 2.75) is 23.7 Å². The number of nitrogens with zero attached hydrogens (tertiary/aromatic N) is 2. The zero-order valence-corrected chi connectivity index (χ0v) is 15.7. The van der Waals surface area contributed by atoms with E-state index in [1.165, 1.54) is 12.1 Å². The minimum Gasteiger partial charge on any atom is -0.342 e. The van der Waals surface area contributed by atoms with E-state index in [1.807, 2.05) is 0 Å². The van der Waals surface area contributed by atoms with Crippen LogP contribution in [0.1, 0.15) is 24.6 Å². The van der Waals surface area contributed by atoms with Crippen LogP contribution in [0.3, 0.4) is 0 Å². The maximum atomic E-state index is 12.6. The van der Waals surface area contributed by atoms with E-state index in [4.69, 9.17) is 0 Å². The maximum Gasteiger partial charge on any atom is 0.269 e. The van der Waals surface area contributed by atoms with Crippen molar-refractivity contribution in [3.8, 4) is 0 Å². The lowest BCUT2D eigenvalue weighted by molar-refractivity contribution is -0.384. The van der Waals surface area contributed by atoms with Gasteiger partial charge in [0.2, 0.25) is 0 Å². The minimum atomic E-state index is -3.85. The largest absolute Gasteiger partial charge is 0.342 e. The summed E-state index contributed by atoms with van der Waals surface area (Å²) in [5, 5.41) is 14.0. The highest BCUT2D eigenvalue weighted by Gasteiger charge is 2.20. The number of benzene rings is 2. The second-order valence-electron chi connectivity index (χ2n) is 6.73. The number of rotatable bonds is 5. The Labute approximate surface area is 161 Å². The van der Waals surface area contributed by atoms with Crippen molar-refractivity contribution in [1.29, 1.82) is 0 Å². The lowest BCUT2D eigenvalue weighted by Gasteiger charge is -2.20. The third kappa shape index (κ3) is 3.69. The summed E-state index contributed by atoms with van der Waals surface area (Å²) in [7, 11) is -3.85. The smallest absolute Gasteiger partial charge is 0.269 e. The van der Waals surface area contributed by atoms with Crippen molar-refractivity contribution in [2.75, 3.05) is 17.8 Å². The first-order valence-electron chi connectivity index (χ1n) is 8.90. The number of non-ortho nitro benzene ring substituents is 1. The average molecular weight is 401 g/mol. The van der Waals surface area contributed by atoms with E-state index < -0.39 is 14.9 Å². The predicted octanol–water partition coefficient (Wildman–Crippen LogP) is 2.74. The third-order valence-corrected chi connectivity index (χ3v) is 6.23. The van der Waals surface area contributed by atoms with Crippen LogP contribution in [0.25, 0.3) is 11.0 Å². The van der Waals surface area contributed by atoms with E-state index in [-0.39, 0.29) is 10.6 Å². The Morgan fingerprint density at radius 3 is 2.50 bits per heavy atom. The average Bonchev–Trinajstić information content (AvgIpc) is 3.12. The fourth-order valence-electron chi connectivity index (χ4n) is 3.34. The van der Waals surface area contributed by atoms with Gasteiger partial charge in [-0.05, 0) is 56.3 Å². The SMILES string of the molecule is O=[N+]([O-])c1ccc(S(=O)(=O)Nc2ccc3nc(C4CCNCC4)[nH]c3c2)cc1. The highest BCUT2D eigenvalue weighted by molar-refractivity contribution is 7.92. The van der Waals surface area contributed by atoms with Gasteiger partial charge in [-0.3, -0.25) is 14.8 Å². The Hall–Kier alpha value is -2.98. The quantitative estimate of drug-likeness (QED) is 0.445. The van der Waals surface area contributed by atoms with Crippen LogP contribution in [0.5, 0.6) is 0 Å². The summed E-state index contributed by atoms with van der Waals surface area (Å²) < 4.78 is 27.6. The Kier molecular flexibility index (Phi) is 4.73. The van der Waals surface area contributed by atoms with Crippen LogP contribution in [-0.4, -0.2) is 36.4 Å². The molecule has 28 heavy (non-hydrogen) atoms. The molecular formula is C18H19N5O4S. The Bertz CT molecular complexity index is 1120. The predicted molar refractivity (Wildman–Crippen MR) is 105 cm³/mol. The number of aromatic nitrogens is 2. The van der Waals surface area contributed by atoms with Crippen molar-refractivity contribution in [3.63, 3.8) is 0 Å². The number of hydrogen-bond donors (Lipinski definition) is 3. The zero-order chi connectivity index (χ0) is 19.7. The molecule has 1 fully saturated rings. The monoisotopic (exact) mass is 401 g/mol. The van der Waals surface area contributed by atoms with Gasteiger partial charge in [0.25, 0.3) is 15.7 Å². The normalized spacial score (nSPS) is 15.6. The maximum absolute atomic E-state index is 12.6. The van der Waals surface area contributed by atoms with Gasteiger partial charge in [-0.1, -0.05) is 0 Å². The molecular weight excluding hydrogens is 382 g/mol. The van der Waals surface area contributed by atoms with Gasteiger partial charge in [0.1, 0.15) is 5.82 Å². The van der Waals surface area contributed by atoms with E-state index in [1.54, 1.807) is 18.2 Å². The highest BCUT2D eigenvalue weighted by Crippen LogP contribution is 2.27. The van der Waals surface area contributed by atoms with Crippen LogP contribution < -0.4 is 10.0 Å². The molecule has 3 N–H and O–H groups in total. The van der Waals surface area contributed by atoms with Gasteiger partial charge < -0.3 is 10.3 Å². The van der Waals surface area contributed by atoms with Gasteiger partial charge >= 0.3 is 0 Å². The van der Waals surface area contributed by atoms with E-state index in [9.17, 15) is 18.5 Å². The zero-order valence-electron chi connectivity index (χ0n) is 14.9. The molecule has 146 valence electrons. The third-order valence-electron chi connectivity index (χ3n) is 4.84. The number of nitro benzene ring substituents is 1. The summed E-state index contributed by atoms with van der Waals surface area (Å²) in [6.45, 7) is 1.92. The molecule has 2 heterocycles. The standard InChI is InChI=1S/C18H19N5O4S/c24-23(25)14-2-4-15(5-3-14)28(26,27)22-13-1-6-16-17(11-13)21-18(20-16)12-7-9-19-10-8-12/h1-6,11-12,19,22H,7-10H2,(H,20,21). The molecule has 0 radical (unpaired) electrons. The molecule has 0 saturated carbocycles. The molecule has 1 aliphatic heterocycles. The van der Waals surface area contributed by atoms with Crippen molar-refractivity contribution >= 4 is 32.4 Å². The van der Waals surface area contributed by atoms with E-state index in [0.717, 1.165) is 54.9 Å². The summed E-state index contributed by atoms with van der Waals surface area (Å²) >= 11 is 0. The van der Waals surface area contributed by atoms with Gasteiger partial charge in [-0.2, -0.15) is 0 Å². The Morgan fingerprint density at radius 1 is 1.11 bits per heavy atom. The van der Waals surface area contributed by atoms with Crippen molar-refractivity contribution in [2.24, 2.45) is 0 Å². The first kappa shape index (κ1) is 18.4. The fraction of sp³-hybridized carbons (Fsp3) is 0.278. The van der Waals surface area contributed by atoms with Crippen LogP contribution in [0.4, 0.5) is 11.4 Å². The number of piperidine rings is 1. The first-order valence-corrected chi connectivity index (χ1v) is 10.4. The summed E-state index contributed by atoms with van der Waals surface area (Å²) in [5.41, 5.74) is 1.78. The Morgan fingerprint density at radius 2 is 1.82 bits per heavy atom. The molecule has 0 spiro atoms. The van der Waals surface area contributed by atoms with Gasteiger partial charge in [0.15, 0.2) is 0 Å². The van der Waals surface area contributed by atoms with Gasteiger partial charge in [0, 0.05) is 18.1 Å². The lowest BCUT2D eigenvalue weighted by Crippen LogP contribution is -2.27. The molecule has 4 rings (SSSR count). The van der Waals surface area contributed by atoms with E-state index >= 15 is 0 Å². The van der Waals surface area contributed by atoms with Gasteiger partial charge in [-0.25, -0.2) is 13.4 Å². The molecule has 10 heteroatoms. The number of nitro groups is 1. The molecule has 0 aliphatic carbocycles. The van der Waals surface area contributed by atoms with Crippen molar-refractivity contribution < 1.29 is 13.3 Å². The molecule has 2 aromatic carbocycles. The summed E-state index contributed by atoms with van der Waals surface area (Å²) in [6.07, 6.45) is 2.03. The summed E-state index contributed by atoms with van der Waals surface area (Å²) in [6, 6.07) is 9.88. The number of hydrogen-bond acceptors (Lipinski definition) is 6. The lowest BCUT2D eigenvalue weighted by atomic mass is 9.98. The molecule has 3 aromatic rings. The van der Waals surface area contributed by atoms with Crippen LogP contribution in [0.2, 0.25) is 0 Å². The molecule has 0 amide bonds. The Balaban J connectivity index is 1.57. The second-order valence-corrected chi connectivity index (χ2v) is 8.42. The summed E-state index contributed by atoms with van der Waals surface area (Å²) in [4.78, 5) is 18.0. The number of fused-ring (bicyclic) bond motifs is 1. The molecule has 0 atom stereocenters. The van der Waals surface area contributed by atoms with Crippen LogP contribution in [-0.2, 0) is 10.0 Å². The number of H-pyrrole nitrogens is 1. The molecule has 1 saturated heterocycles. The first-order chi connectivity index (χ1) is 13.4. The second kappa shape index (κ2) is 7.21. The fourth-order valence-corrected chi connectivity index (χ4v) is 4.39. The molecule has 1 aliphatic rings. The minimum absolute atomic E-state index is 0.0433. The van der Waals surface area contributed by atoms with Crippen LogP contribution in [0.15, 0.2) is 47.4 Å². The number of nitrogens with one attached hydrogen (secondary N) is 3. The van der Waals surface area contributed by atoms with Gasteiger partial charge in [-0.15, -0.1) is 0 Å². The van der Waals surface area contributed by atoms with Crippen molar-refractivity contribution in [1.82, 2.24) is 15.3 Å². The molecule has 1 aromatic heterocycles. The van der Waals surface area contributed by atoms with Crippen LogP contribution in [0, 0.1) is 10.1 Å². The number of imidazole rings is 1.